The smallest absolute Gasteiger partial charge is 0.223 e. The minimum atomic E-state index is 0. The van der Waals surface area contributed by atoms with Crippen molar-refractivity contribution in [3.05, 3.63) is 30.1 Å². The summed E-state index contributed by atoms with van der Waals surface area (Å²) in [6, 6.07) is 2.46. The maximum Gasteiger partial charge on any atom is 0.223 e. The second-order valence-electron chi connectivity index (χ2n) is 6.97. The Bertz CT molecular complexity index is 718. The number of likely N-dealkylation sites (tertiary alicyclic amines) is 1. The number of carbonyl (C=O) groups excluding carboxylic acids is 1. The van der Waals surface area contributed by atoms with E-state index in [1.807, 2.05) is 21.8 Å². The first-order chi connectivity index (χ1) is 12.3. The molecule has 9 heteroatoms. The third-order valence-electron chi connectivity index (χ3n) is 5.14. The van der Waals surface area contributed by atoms with Crippen LogP contribution in [0.4, 0.5) is 0 Å². The van der Waals surface area contributed by atoms with Crippen LogP contribution in [0.15, 0.2) is 18.5 Å². The Morgan fingerprint density at radius 3 is 2.58 bits per heavy atom. The molecule has 0 bridgehead atoms. The molecule has 1 aliphatic carbocycles. The number of piperidine rings is 1. The zero-order chi connectivity index (χ0) is 17.2. The molecule has 1 saturated carbocycles. The average molecular weight is 380 g/mol. The first-order valence-electron chi connectivity index (χ1n) is 9.15. The lowest BCUT2D eigenvalue weighted by Crippen LogP contribution is -2.39. The number of hydrogen-bond acceptors (Lipinski definition) is 5. The van der Waals surface area contributed by atoms with Gasteiger partial charge in [-0.25, -0.2) is 0 Å². The molecule has 3 heterocycles. The van der Waals surface area contributed by atoms with Gasteiger partial charge in [-0.3, -0.25) is 9.48 Å². The summed E-state index contributed by atoms with van der Waals surface area (Å²) < 4.78 is 4.23. The highest BCUT2D eigenvalue weighted by molar-refractivity contribution is 5.85. The summed E-state index contributed by atoms with van der Waals surface area (Å²) in [4.78, 5) is 13.9. The van der Waals surface area contributed by atoms with Crippen LogP contribution >= 0.6 is 12.4 Å². The molecule has 0 atom stereocenters. The minimum absolute atomic E-state index is 0. The number of halogens is 1. The van der Waals surface area contributed by atoms with Gasteiger partial charge in [0.2, 0.25) is 5.91 Å². The highest BCUT2D eigenvalue weighted by Crippen LogP contribution is 2.39. The lowest BCUT2D eigenvalue weighted by molar-refractivity contribution is -0.132. The summed E-state index contributed by atoms with van der Waals surface area (Å²) >= 11 is 0. The van der Waals surface area contributed by atoms with E-state index in [-0.39, 0.29) is 18.3 Å². The Kier molecular flexibility index (Phi) is 5.93. The fourth-order valence-electron chi connectivity index (χ4n) is 3.66. The van der Waals surface area contributed by atoms with E-state index < -0.39 is 0 Å². The Hall–Kier alpha value is -1.93. The molecule has 2 aromatic heterocycles. The van der Waals surface area contributed by atoms with Crippen molar-refractivity contribution in [2.24, 2.45) is 5.73 Å². The molecule has 26 heavy (non-hydrogen) atoms. The summed E-state index contributed by atoms with van der Waals surface area (Å²) in [6.45, 7) is 2.65. The van der Waals surface area contributed by atoms with Crippen LogP contribution in [0.3, 0.4) is 0 Å². The second kappa shape index (κ2) is 8.18. The molecule has 0 unspecified atom stereocenters. The van der Waals surface area contributed by atoms with Gasteiger partial charge in [0.15, 0.2) is 5.82 Å². The first-order valence-corrected chi connectivity index (χ1v) is 9.15. The standard InChI is InChI=1S/C17H25N7O.ClH/c18-7-4-16(25)22-10-5-13(6-11-22)17-21-20-15(24(17)14-2-3-14)12-23-9-1-8-19-23;/h1,8-9,13-14H,2-7,10-12,18H2;1H. The number of amides is 1. The number of aromatic nitrogens is 5. The summed E-state index contributed by atoms with van der Waals surface area (Å²) in [5, 5.41) is 13.3. The first kappa shape index (κ1) is 18.8. The predicted octanol–water partition coefficient (Wildman–Crippen LogP) is 1.33. The van der Waals surface area contributed by atoms with Crippen LogP contribution in [-0.4, -0.2) is 55.0 Å². The van der Waals surface area contributed by atoms with Crippen LogP contribution in [0.25, 0.3) is 0 Å². The normalized spacial score (nSPS) is 18.0. The number of nitrogens with two attached hydrogens (primary N) is 1. The number of carbonyl (C=O) groups is 1. The van der Waals surface area contributed by atoms with Gasteiger partial charge in [0.25, 0.3) is 0 Å². The van der Waals surface area contributed by atoms with Crippen molar-refractivity contribution >= 4 is 18.3 Å². The maximum atomic E-state index is 12.0. The summed E-state index contributed by atoms with van der Waals surface area (Å²) in [5.41, 5.74) is 5.50. The lowest BCUT2D eigenvalue weighted by Gasteiger charge is -2.31. The van der Waals surface area contributed by atoms with Gasteiger partial charge in [0.05, 0.1) is 0 Å². The van der Waals surface area contributed by atoms with Crippen LogP contribution < -0.4 is 5.73 Å². The molecule has 1 saturated heterocycles. The van der Waals surface area contributed by atoms with Gasteiger partial charge in [-0.05, 0) is 31.7 Å². The van der Waals surface area contributed by atoms with E-state index in [9.17, 15) is 4.79 Å². The van der Waals surface area contributed by atoms with Gasteiger partial charge in [-0.2, -0.15) is 5.10 Å². The van der Waals surface area contributed by atoms with E-state index in [1.54, 1.807) is 6.20 Å². The molecule has 2 fully saturated rings. The predicted molar refractivity (Wildman–Crippen MR) is 99.1 cm³/mol. The lowest BCUT2D eigenvalue weighted by atomic mass is 9.95. The molecule has 142 valence electrons. The SMILES string of the molecule is Cl.NCCC(=O)N1CCC(c2nnc(Cn3cccn3)n2C2CC2)CC1. The van der Waals surface area contributed by atoms with Gasteiger partial charge in [-0.1, -0.05) is 0 Å². The Morgan fingerprint density at radius 2 is 1.96 bits per heavy atom. The molecular formula is C17H26ClN7O. The van der Waals surface area contributed by atoms with Crippen LogP contribution in [0.5, 0.6) is 0 Å². The number of rotatable bonds is 6. The van der Waals surface area contributed by atoms with Crippen molar-refractivity contribution < 1.29 is 4.79 Å². The highest BCUT2D eigenvalue weighted by atomic mass is 35.5. The summed E-state index contributed by atoms with van der Waals surface area (Å²) in [7, 11) is 0. The van der Waals surface area contributed by atoms with Crippen LogP contribution in [0.2, 0.25) is 0 Å². The Balaban J connectivity index is 0.00000196. The van der Waals surface area contributed by atoms with Gasteiger partial charge >= 0.3 is 0 Å². The highest BCUT2D eigenvalue weighted by Gasteiger charge is 2.34. The molecule has 0 radical (unpaired) electrons. The van der Waals surface area contributed by atoms with Crippen LogP contribution in [0.1, 0.15) is 55.7 Å². The molecule has 1 aliphatic heterocycles. The Morgan fingerprint density at radius 1 is 1.19 bits per heavy atom. The molecule has 2 N–H and O–H groups in total. The molecule has 8 nitrogen and oxygen atoms in total. The largest absolute Gasteiger partial charge is 0.343 e. The third-order valence-corrected chi connectivity index (χ3v) is 5.14. The van der Waals surface area contributed by atoms with Crippen molar-refractivity contribution in [2.45, 2.75) is 50.6 Å². The van der Waals surface area contributed by atoms with Gasteiger partial charge in [0, 0.05) is 50.4 Å². The number of nitrogens with zero attached hydrogens (tertiary/aromatic N) is 6. The molecular weight excluding hydrogens is 354 g/mol. The van der Waals surface area contributed by atoms with E-state index in [0.29, 0.717) is 31.5 Å². The molecule has 0 spiro atoms. The van der Waals surface area contributed by atoms with Crippen LogP contribution in [-0.2, 0) is 11.3 Å². The van der Waals surface area contributed by atoms with E-state index in [4.69, 9.17) is 5.73 Å². The van der Waals surface area contributed by atoms with E-state index in [1.165, 1.54) is 12.8 Å². The van der Waals surface area contributed by atoms with Crippen molar-refractivity contribution in [3.8, 4) is 0 Å². The van der Waals surface area contributed by atoms with Gasteiger partial charge in [0.1, 0.15) is 12.4 Å². The fraction of sp³-hybridized carbons (Fsp3) is 0.647. The van der Waals surface area contributed by atoms with Crippen molar-refractivity contribution in [3.63, 3.8) is 0 Å². The minimum Gasteiger partial charge on any atom is -0.343 e. The van der Waals surface area contributed by atoms with Crippen LogP contribution in [0, 0.1) is 0 Å². The number of hydrogen-bond donors (Lipinski definition) is 1. The third kappa shape index (κ3) is 3.91. The van der Waals surface area contributed by atoms with Gasteiger partial charge < -0.3 is 15.2 Å². The monoisotopic (exact) mass is 379 g/mol. The second-order valence-corrected chi connectivity index (χ2v) is 6.97. The molecule has 2 aliphatic rings. The fourth-order valence-corrected chi connectivity index (χ4v) is 3.66. The molecule has 4 rings (SSSR count). The van der Waals surface area contributed by atoms with E-state index >= 15 is 0 Å². The van der Waals surface area contributed by atoms with E-state index in [2.05, 4.69) is 19.9 Å². The summed E-state index contributed by atoms with van der Waals surface area (Å²) in [6.07, 6.45) is 8.47. The maximum absolute atomic E-state index is 12.0. The van der Waals surface area contributed by atoms with Crippen molar-refractivity contribution in [1.82, 2.24) is 29.4 Å². The van der Waals surface area contributed by atoms with Crippen molar-refractivity contribution in [1.29, 1.82) is 0 Å². The quantitative estimate of drug-likeness (QED) is 0.817. The Labute approximate surface area is 159 Å². The van der Waals surface area contributed by atoms with Gasteiger partial charge in [-0.15, -0.1) is 22.6 Å². The summed E-state index contributed by atoms with van der Waals surface area (Å²) in [5.74, 6) is 2.63. The van der Waals surface area contributed by atoms with Crippen molar-refractivity contribution in [2.75, 3.05) is 19.6 Å². The molecule has 1 amide bonds. The molecule has 0 aromatic carbocycles. The zero-order valence-electron chi connectivity index (χ0n) is 14.8. The zero-order valence-corrected chi connectivity index (χ0v) is 15.6. The molecule has 2 aromatic rings. The average Bonchev–Trinajstić information content (AvgIpc) is 3.17. The topological polar surface area (TPSA) is 94.9 Å². The van der Waals surface area contributed by atoms with E-state index in [0.717, 1.165) is 37.6 Å².